The van der Waals surface area contributed by atoms with Crippen molar-refractivity contribution in [1.29, 1.82) is 0 Å². The standard InChI is InChI=1S/C14H14N2O5/c1-7-3-9(13(15)17)4-8(2)12(7)20-6-10-5-11(14(18)19)16-21-10/h3-5H,6H2,1-2H3,(H2,15,17)(H,18,19). The average molecular weight is 290 g/mol. The molecule has 0 aliphatic carbocycles. The number of primary amides is 1. The third-order valence-electron chi connectivity index (χ3n) is 2.88. The number of aryl methyl sites for hydroxylation is 2. The number of ether oxygens (including phenoxy) is 1. The van der Waals surface area contributed by atoms with Crippen LogP contribution in [0.2, 0.25) is 0 Å². The smallest absolute Gasteiger partial charge is 0.358 e. The lowest BCUT2D eigenvalue weighted by molar-refractivity contribution is 0.0685. The summed E-state index contributed by atoms with van der Waals surface area (Å²) in [6, 6.07) is 4.56. The normalized spacial score (nSPS) is 10.4. The summed E-state index contributed by atoms with van der Waals surface area (Å²) in [5.74, 6) is -0.782. The topological polar surface area (TPSA) is 116 Å². The van der Waals surface area contributed by atoms with Crippen molar-refractivity contribution in [2.45, 2.75) is 20.5 Å². The average Bonchev–Trinajstić information content (AvgIpc) is 2.86. The molecule has 1 aromatic heterocycles. The van der Waals surface area contributed by atoms with E-state index in [4.69, 9.17) is 20.1 Å². The number of aromatic nitrogens is 1. The molecule has 0 saturated carbocycles. The van der Waals surface area contributed by atoms with Gasteiger partial charge in [0.2, 0.25) is 5.91 Å². The molecule has 0 bridgehead atoms. The second-order valence-corrected chi connectivity index (χ2v) is 4.58. The van der Waals surface area contributed by atoms with Crippen LogP contribution in [0.4, 0.5) is 0 Å². The minimum atomic E-state index is -1.16. The lowest BCUT2D eigenvalue weighted by Crippen LogP contribution is -2.12. The van der Waals surface area contributed by atoms with Gasteiger partial charge < -0.3 is 20.1 Å². The Kier molecular flexibility index (Phi) is 3.93. The number of carboxylic acid groups (broad SMARTS) is 1. The lowest BCUT2D eigenvalue weighted by atomic mass is 10.1. The number of hydrogen-bond acceptors (Lipinski definition) is 5. The molecule has 7 heteroatoms. The van der Waals surface area contributed by atoms with Gasteiger partial charge in [0.1, 0.15) is 12.4 Å². The van der Waals surface area contributed by atoms with Crippen LogP contribution in [0.15, 0.2) is 22.7 Å². The summed E-state index contributed by atoms with van der Waals surface area (Å²) in [5.41, 5.74) is 6.98. The molecule has 0 aliphatic rings. The molecule has 0 saturated heterocycles. The zero-order chi connectivity index (χ0) is 15.6. The van der Waals surface area contributed by atoms with Gasteiger partial charge in [0.05, 0.1) is 0 Å². The summed E-state index contributed by atoms with van der Waals surface area (Å²) < 4.78 is 10.5. The van der Waals surface area contributed by atoms with Gasteiger partial charge in [0, 0.05) is 11.6 Å². The van der Waals surface area contributed by atoms with Crippen LogP contribution in [0.1, 0.15) is 37.7 Å². The molecule has 21 heavy (non-hydrogen) atoms. The van der Waals surface area contributed by atoms with E-state index in [1.54, 1.807) is 26.0 Å². The first-order valence-electron chi connectivity index (χ1n) is 6.11. The fraction of sp³-hybridized carbons (Fsp3) is 0.214. The van der Waals surface area contributed by atoms with Gasteiger partial charge in [-0.05, 0) is 37.1 Å². The summed E-state index contributed by atoms with van der Waals surface area (Å²) >= 11 is 0. The van der Waals surface area contributed by atoms with Crippen LogP contribution in [-0.4, -0.2) is 22.1 Å². The zero-order valence-electron chi connectivity index (χ0n) is 11.5. The van der Waals surface area contributed by atoms with Crippen LogP contribution in [-0.2, 0) is 6.61 Å². The first-order valence-corrected chi connectivity index (χ1v) is 6.11. The molecule has 2 aromatic rings. The number of nitrogens with zero attached hydrogens (tertiary/aromatic N) is 1. The van der Waals surface area contributed by atoms with E-state index in [1.165, 1.54) is 6.07 Å². The number of carbonyl (C=O) groups is 2. The molecule has 0 unspecified atom stereocenters. The van der Waals surface area contributed by atoms with Crippen molar-refractivity contribution in [3.63, 3.8) is 0 Å². The van der Waals surface area contributed by atoms with Gasteiger partial charge in [-0.2, -0.15) is 0 Å². The van der Waals surface area contributed by atoms with E-state index in [-0.39, 0.29) is 12.3 Å². The van der Waals surface area contributed by atoms with Crippen LogP contribution < -0.4 is 10.5 Å². The van der Waals surface area contributed by atoms with Crippen molar-refractivity contribution in [1.82, 2.24) is 5.16 Å². The summed E-state index contributed by atoms with van der Waals surface area (Å²) in [5, 5.41) is 12.1. The van der Waals surface area contributed by atoms with Crippen molar-refractivity contribution in [2.24, 2.45) is 5.73 Å². The van der Waals surface area contributed by atoms with Gasteiger partial charge in [-0.3, -0.25) is 4.79 Å². The van der Waals surface area contributed by atoms with Gasteiger partial charge >= 0.3 is 5.97 Å². The second-order valence-electron chi connectivity index (χ2n) is 4.58. The van der Waals surface area contributed by atoms with Gasteiger partial charge in [-0.15, -0.1) is 0 Å². The van der Waals surface area contributed by atoms with E-state index in [2.05, 4.69) is 5.16 Å². The summed E-state index contributed by atoms with van der Waals surface area (Å²) in [7, 11) is 0. The van der Waals surface area contributed by atoms with Crippen LogP contribution in [0, 0.1) is 13.8 Å². The van der Waals surface area contributed by atoms with Crippen molar-refractivity contribution < 1.29 is 24.0 Å². The maximum Gasteiger partial charge on any atom is 0.358 e. The van der Waals surface area contributed by atoms with Crippen LogP contribution >= 0.6 is 0 Å². The zero-order valence-corrected chi connectivity index (χ0v) is 11.5. The molecule has 0 spiro atoms. The number of benzene rings is 1. The van der Waals surface area contributed by atoms with Gasteiger partial charge in [-0.1, -0.05) is 5.16 Å². The van der Waals surface area contributed by atoms with Gasteiger partial charge in [0.25, 0.3) is 0 Å². The third-order valence-corrected chi connectivity index (χ3v) is 2.88. The fourth-order valence-corrected chi connectivity index (χ4v) is 1.95. The monoisotopic (exact) mass is 290 g/mol. The molecule has 1 aromatic carbocycles. The van der Waals surface area contributed by atoms with E-state index in [0.29, 0.717) is 17.1 Å². The quantitative estimate of drug-likeness (QED) is 0.865. The van der Waals surface area contributed by atoms with E-state index in [1.807, 2.05) is 0 Å². The molecule has 0 aliphatic heterocycles. The molecule has 0 atom stereocenters. The fourth-order valence-electron chi connectivity index (χ4n) is 1.95. The Morgan fingerprint density at radius 2 is 1.90 bits per heavy atom. The van der Waals surface area contributed by atoms with E-state index >= 15 is 0 Å². The SMILES string of the molecule is Cc1cc(C(N)=O)cc(C)c1OCc1cc(C(=O)O)no1. The molecule has 110 valence electrons. The van der Waals surface area contributed by atoms with Crippen molar-refractivity contribution in [3.8, 4) is 5.75 Å². The molecular weight excluding hydrogens is 276 g/mol. The second kappa shape index (κ2) is 5.66. The summed E-state index contributed by atoms with van der Waals surface area (Å²) in [6.45, 7) is 3.62. The van der Waals surface area contributed by atoms with Crippen LogP contribution in [0.25, 0.3) is 0 Å². The van der Waals surface area contributed by atoms with Gasteiger partial charge in [0.15, 0.2) is 11.5 Å². The molecule has 1 amide bonds. The predicted molar refractivity (Wildman–Crippen MR) is 72.2 cm³/mol. The van der Waals surface area contributed by atoms with Crippen LogP contribution in [0.5, 0.6) is 5.75 Å². The minimum Gasteiger partial charge on any atom is -0.485 e. The minimum absolute atomic E-state index is 0.0396. The molecule has 2 rings (SSSR count). The first-order chi connectivity index (χ1) is 9.88. The highest BCUT2D eigenvalue weighted by atomic mass is 16.5. The van der Waals surface area contributed by atoms with Gasteiger partial charge in [-0.25, -0.2) is 4.79 Å². The number of carbonyl (C=O) groups excluding carboxylic acids is 1. The van der Waals surface area contributed by atoms with E-state index in [0.717, 1.165) is 11.1 Å². The van der Waals surface area contributed by atoms with E-state index < -0.39 is 11.9 Å². The van der Waals surface area contributed by atoms with E-state index in [9.17, 15) is 9.59 Å². The number of aromatic carboxylic acids is 1. The lowest BCUT2D eigenvalue weighted by Gasteiger charge is -2.12. The van der Waals surface area contributed by atoms with Crippen LogP contribution in [0.3, 0.4) is 0 Å². The Morgan fingerprint density at radius 3 is 2.38 bits per heavy atom. The first kappa shape index (κ1) is 14.6. The predicted octanol–water partition coefficient (Wildman–Crippen LogP) is 1.67. The highest BCUT2D eigenvalue weighted by Gasteiger charge is 2.13. The molecule has 3 N–H and O–H groups in total. The maximum absolute atomic E-state index is 11.2. The van der Waals surface area contributed by atoms with Crippen molar-refractivity contribution in [2.75, 3.05) is 0 Å². The molecular formula is C14H14N2O5. The number of hydrogen-bond donors (Lipinski definition) is 2. The molecule has 0 radical (unpaired) electrons. The Morgan fingerprint density at radius 1 is 1.29 bits per heavy atom. The number of nitrogens with two attached hydrogens (primary N) is 1. The molecule has 0 fully saturated rings. The Labute approximate surface area is 120 Å². The van der Waals surface area contributed by atoms with Crippen molar-refractivity contribution in [3.05, 3.63) is 46.3 Å². The number of carboxylic acids is 1. The Hall–Kier alpha value is -2.83. The number of rotatable bonds is 5. The largest absolute Gasteiger partial charge is 0.485 e. The molecule has 1 heterocycles. The number of amides is 1. The summed E-state index contributed by atoms with van der Waals surface area (Å²) in [4.78, 5) is 21.9. The highest BCUT2D eigenvalue weighted by Crippen LogP contribution is 2.25. The summed E-state index contributed by atoms with van der Waals surface area (Å²) in [6.07, 6.45) is 0. The van der Waals surface area contributed by atoms with Crippen molar-refractivity contribution >= 4 is 11.9 Å². The third kappa shape index (κ3) is 3.19. The highest BCUT2D eigenvalue weighted by molar-refractivity contribution is 5.93. The maximum atomic E-state index is 11.2. The molecule has 7 nitrogen and oxygen atoms in total. The Balaban J connectivity index is 2.16. The Bertz CT molecular complexity index is 682.